The number of hydrogen-bond donors (Lipinski definition) is 0. The van der Waals surface area contributed by atoms with Gasteiger partial charge in [0, 0.05) is 13.1 Å². The number of nitriles is 1. The number of morpholine rings is 1. The van der Waals surface area contributed by atoms with Crippen molar-refractivity contribution in [1.82, 2.24) is 4.90 Å². The van der Waals surface area contributed by atoms with Crippen LogP contribution in [-0.2, 0) is 4.74 Å². The van der Waals surface area contributed by atoms with Crippen LogP contribution in [-0.4, -0.2) is 37.0 Å². The van der Waals surface area contributed by atoms with Crippen LogP contribution in [0, 0.1) is 11.3 Å². The van der Waals surface area contributed by atoms with Crippen LogP contribution in [0.2, 0.25) is 0 Å². The molecule has 1 aromatic rings. The van der Waals surface area contributed by atoms with E-state index in [1.165, 1.54) is 5.56 Å². The van der Waals surface area contributed by atoms with Gasteiger partial charge >= 0.3 is 0 Å². The highest BCUT2D eigenvalue weighted by Gasteiger charge is 2.14. The van der Waals surface area contributed by atoms with Crippen molar-refractivity contribution in [1.29, 1.82) is 5.26 Å². The van der Waals surface area contributed by atoms with Crippen molar-refractivity contribution in [2.75, 3.05) is 32.1 Å². The number of hydrogen-bond acceptors (Lipinski definition) is 4. The molecule has 1 aliphatic heterocycles. The zero-order chi connectivity index (χ0) is 12.6. The van der Waals surface area contributed by atoms with E-state index in [4.69, 9.17) is 10.00 Å². The smallest absolute Gasteiger partial charge is 0.0869 e. The molecule has 1 fully saturated rings. The van der Waals surface area contributed by atoms with Crippen molar-refractivity contribution in [3.63, 3.8) is 0 Å². The molecule has 1 saturated heterocycles. The Labute approximate surface area is 112 Å². The van der Waals surface area contributed by atoms with Gasteiger partial charge in [-0.25, -0.2) is 0 Å². The Bertz CT molecular complexity index is 433. The van der Waals surface area contributed by atoms with Crippen molar-refractivity contribution < 1.29 is 4.74 Å². The van der Waals surface area contributed by atoms with E-state index in [1.807, 2.05) is 18.2 Å². The maximum atomic E-state index is 8.74. The normalized spacial score (nSPS) is 16.4. The first-order valence-electron chi connectivity index (χ1n) is 5.99. The molecule has 3 nitrogen and oxygen atoms in total. The van der Waals surface area contributed by atoms with Crippen LogP contribution in [0.3, 0.4) is 0 Å². The second kappa shape index (κ2) is 7.10. The molecule has 1 heterocycles. The van der Waals surface area contributed by atoms with E-state index in [-0.39, 0.29) is 0 Å². The molecule has 0 unspecified atom stereocenters. The molecule has 0 N–H and O–H groups in total. The molecule has 0 atom stereocenters. The number of benzene rings is 1. The first-order chi connectivity index (χ1) is 8.90. The standard InChI is InChI=1S/C14H16N2OS/c15-6-11-18-14(16-7-9-17-10-8-16)12-13-4-2-1-3-5-13/h1-5,12H,7-11H2/b14-12-. The van der Waals surface area contributed by atoms with Gasteiger partial charge in [-0.2, -0.15) is 5.26 Å². The molecule has 2 rings (SSSR count). The van der Waals surface area contributed by atoms with E-state index in [0.717, 1.165) is 31.3 Å². The lowest BCUT2D eigenvalue weighted by molar-refractivity contribution is 0.0581. The molecule has 1 aromatic carbocycles. The van der Waals surface area contributed by atoms with Gasteiger partial charge in [0.1, 0.15) is 0 Å². The molecule has 1 aliphatic rings. The van der Waals surface area contributed by atoms with Crippen LogP contribution in [0.5, 0.6) is 0 Å². The minimum absolute atomic E-state index is 0.482. The monoisotopic (exact) mass is 260 g/mol. The predicted molar refractivity (Wildman–Crippen MR) is 74.9 cm³/mol. The van der Waals surface area contributed by atoms with Crippen molar-refractivity contribution in [2.45, 2.75) is 0 Å². The Hall–Kier alpha value is -1.44. The summed E-state index contributed by atoms with van der Waals surface area (Å²) in [7, 11) is 0. The van der Waals surface area contributed by atoms with Crippen LogP contribution < -0.4 is 0 Å². The van der Waals surface area contributed by atoms with Gasteiger partial charge in [0.2, 0.25) is 0 Å². The van der Waals surface area contributed by atoms with Crippen molar-refractivity contribution >= 4 is 17.8 Å². The molecule has 0 spiro atoms. The van der Waals surface area contributed by atoms with Gasteiger partial charge in [-0.3, -0.25) is 0 Å². The lowest BCUT2D eigenvalue weighted by Crippen LogP contribution is -2.34. The Morgan fingerprint density at radius 2 is 2.06 bits per heavy atom. The Kier molecular flexibility index (Phi) is 5.13. The summed E-state index contributed by atoms with van der Waals surface area (Å²) >= 11 is 1.59. The number of nitrogens with zero attached hydrogens (tertiary/aromatic N) is 2. The molecular formula is C14H16N2OS. The molecule has 18 heavy (non-hydrogen) atoms. The third-order valence-corrected chi connectivity index (χ3v) is 3.64. The van der Waals surface area contributed by atoms with Crippen LogP contribution in [0.4, 0.5) is 0 Å². The fourth-order valence-corrected chi connectivity index (χ4v) is 2.60. The summed E-state index contributed by atoms with van der Waals surface area (Å²) in [5.74, 6) is 0.482. The van der Waals surface area contributed by atoms with Crippen LogP contribution >= 0.6 is 11.8 Å². The zero-order valence-corrected chi connectivity index (χ0v) is 11.0. The van der Waals surface area contributed by atoms with E-state index in [1.54, 1.807) is 11.8 Å². The van der Waals surface area contributed by atoms with E-state index in [2.05, 4.69) is 29.2 Å². The minimum Gasteiger partial charge on any atom is -0.378 e. The molecule has 0 aromatic heterocycles. The quantitative estimate of drug-likeness (QED) is 0.833. The molecular weight excluding hydrogens is 244 g/mol. The first-order valence-corrected chi connectivity index (χ1v) is 6.98. The molecule has 0 aliphatic carbocycles. The molecule has 4 heteroatoms. The number of rotatable bonds is 4. The molecule has 0 amide bonds. The van der Waals surface area contributed by atoms with E-state index < -0.39 is 0 Å². The topological polar surface area (TPSA) is 36.3 Å². The SMILES string of the molecule is N#CCS/C(=C\c1ccccc1)N1CCOCC1. The highest BCUT2D eigenvalue weighted by atomic mass is 32.2. The summed E-state index contributed by atoms with van der Waals surface area (Å²) in [6, 6.07) is 12.4. The van der Waals surface area contributed by atoms with Gasteiger partial charge in [-0.1, -0.05) is 42.1 Å². The summed E-state index contributed by atoms with van der Waals surface area (Å²) < 4.78 is 5.36. The van der Waals surface area contributed by atoms with Crippen molar-refractivity contribution in [3.8, 4) is 6.07 Å². The summed E-state index contributed by atoms with van der Waals surface area (Å²) in [5.41, 5.74) is 1.17. The van der Waals surface area contributed by atoms with E-state index >= 15 is 0 Å². The lowest BCUT2D eigenvalue weighted by atomic mass is 10.2. The van der Waals surface area contributed by atoms with Gasteiger partial charge in [-0.05, 0) is 11.6 Å². The Morgan fingerprint density at radius 1 is 1.33 bits per heavy atom. The highest BCUT2D eigenvalue weighted by molar-refractivity contribution is 8.03. The van der Waals surface area contributed by atoms with Crippen molar-refractivity contribution in [2.24, 2.45) is 0 Å². The summed E-state index contributed by atoms with van der Waals surface area (Å²) in [6.07, 6.45) is 2.15. The maximum Gasteiger partial charge on any atom is 0.0869 e. The van der Waals surface area contributed by atoms with Crippen LogP contribution in [0.15, 0.2) is 35.4 Å². The van der Waals surface area contributed by atoms with E-state index in [0.29, 0.717) is 5.75 Å². The third kappa shape index (κ3) is 3.80. The number of ether oxygens (including phenoxy) is 1. The fourth-order valence-electron chi connectivity index (χ4n) is 1.81. The van der Waals surface area contributed by atoms with Gasteiger partial charge < -0.3 is 9.64 Å². The minimum atomic E-state index is 0.482. The Balaban J connectivity index is 2.13. The zero-order valence-electron chi connectivity index (χ0n) is 10.2. The maximum absolute atomic E-state index is 8.74. The average Bonchev–Trinajstić information content (AvgIpc) is 2.45. The largest absolute Gasteiger partial charge is 0.378 e. The average molecular weight is 260 g/mol. The Morgan fingerprint density at radius 3 is 2.72 bits per heavy atom. The molecule has 0 bridgehead atoms. The second-order valence-electron chi connectivity index (χ2n) is 3.94. The van der Waals surface area contributed by atoms with Gasteiger partial charge in [0.15, 0.2) is 0 Å². The second-order valence-corrected chi connectivity index (χ2v) is 4.94. The number of thioether (sulfide) groups is 1. The first kappa shape index (κ1) is 13.0. The summed E-state index contributed by atoms with van der Waals surface area (Å²) in [5, 5.41) is 9.90. The van der Waals surface area contributed by atoms with Crippen LogP contribution in [0.1, 0.15) is 5.56 Å². The lowest BCUT2D eigenvalue weighted by Gasteiger charge is -2.30. The highest BCUT2D eigenvalue weighted by Crippen LogP contribution is 2.23. The third-order valence-electron chi connectivity index (χ3n) is 2.70. The van der Waals surface area contributed by atoms with Gasteiger partial charge in [0.25, 0.3) is 0 Å². The summed E-state index contributed by atoms with van der Waals surface area (Å²) in [6.45, 7) is 3.33. The summed E-state index contributed by atoms with van der Waals surface area (Å²) in [4.78, 5) is 2.29. The molecule has 0 saturated carbocycles. The van der Waals surface area contributed by atoms with Crippen LogP contribution in [0.25, 0.3) is 6.08 Å². The molecule has 94 valence electrons. The predicted octanol–water partition coefficient (Wildman–Crippen LogP) is 2.57. The fraction of sp³-hybridized carbons (Fsp3) is 0.357. The van der Waals surface area contributed by atoms with E-state index in [9.17, 15) is 0 Å². The van der Waals surface area contributed by atoms with Crippen molar-refractivity contribution in [3.05, 3.63) is 40.9 Å². The van der Waals surface area contributed by atoms with Gasteiger partial charge in [0.05, 0.1) is 30.1 Å². The molecule has 0 radical (unpaired) electrons. The van der Waals surface area contributed by atoms with Gasteiger partial charge in [-0.15, -0.1) is 0 Å².